The second-order valence-electron chi connectivity index (χ2n) is 7.83. The predicted octanol–water partition coefficient (Wildman–Crippen LogP) is 1.18. The first-order chi connectivity index (χ1) is 16.4. The average molecular weight is 465 g/mol. The summed E-state index contributed by atoms with van der Waals surface area (Å²) >= 11 is 0. The number of amides is 2. The zero-order valence-electron chi connectivity index (χ0n) is 18.8. The molecule has 4 heterocycles. The standard InChI is InChI=1S/C23H24FN7O3/c1-4-20(32)29-11-16(7-17(29)12-34-3)30-9-15(21(22(25)33)23(30)26-2)6-5-14-10-31-19(8-18(14)24)27-13-28-31/h4,8-10,13,16-17,26H,1,7,11-12H2,2-3H3,(H2,25,33)/t16-,17+/m0/s1. The van der Waals surface area contributed by atoms with Crippen LogP contribution in [0.2, 0.25) is 0 Å². The van der Waals surface area contributed by atoms with E-state index in [1.165, 1.54) is 29.2 Å². The molecule has 0 saturated carbocycles. The van der Waals surface area contributed by atoms with Gasteiger partial charge in [0.2, 0.25) is 5.91 Å². The largest absolute Gasteiger partial charge is 0.383 e. The van der Waals surface area contributed by atoms with Crippen molar-refractivity contribution in [3.63, 3.8) is 0 Å². The van der Waals surface area contributed by atoms with E-state index in [0.29, 0.717) is 36.6 Å². The lowest BCUT2D eigenvalue weighted by Crippen LogP contribution is -2.37. The third kappa shape index (κ3) is 4.11. The third-order valence-electron chi connectivity index (χ3n) is 5.82. The Bertz CT molecular complexity index is 1330. The second-order valence-corrected chi connectivity index (χ2v) is 7.83. The van der Waals surface area contributed by atoms with Crippen LogP contribution >= 0.6 is 0 Å². The molecule has 10 nitrogen and oxygen atoms in total. The number of fused-ring (bicyclic) bond motifs is 1. The first-order valence-corrected chi connectivity index (χ1v) is 10.5. The summed E-state index contributed by atoms with van der Waals surface area (Å²) in [5.74, 6) is 4.68. The fourth-order valence-electron chi connectivity index (χ4n) is 4.31. The number of nitrogens with one attached hydrogen (secondary N) is 1. The van der Waals surface area contributed by atoms with E-state index in [0.717, 1.165) is 0 Å². The lowest BCUT2D eigenvalue weighted by atomic mass is 10.1. The van der Waals surface area contributed by atoms with E-state index in [1.54, 1.807) is 25.3 Å². The highest BCUT2D eigenvalue weighted by atomic mass is 19.1. The molecule has 0 spiro atoms. The number of ether oxygens (including phenoxy) is 1. The van der Waals surface area contributed by atoms with Gasteiger partial charge in [0.15, 0.2) is 5.65 Å². The molecular formula is C23H24FN7O3. The third-order valence-corrected chi connectivity index (χ3v) is 5.82. The molecule has 0 radical (unpaired) electrons. The molecule has 11 heteroatoms. The van der Waals surface area contributed by atoms with Gasteiger partial charge in [0.05, 0.1) is 35.4 Å². The fraction of sp³-hybridized carbons (Fsp3) is 0.304. The van der Waals surface area contributed by atoms with Gasteiger partial charge < -0.3 is 25.3 Å². The van der Waals surface area contributed by atoms with Crippen LogP contribution in [0.4, 0.5) is 10.2 Å². The Morgan fingerprint density at radius 1 is 1.38 bits per heavy atom. The number of anilines is 1. The van der Waals surface area contributed by atoms with Crippen molar-refractivity contribution in [2.75, 3.05) is 32.6 Å². The molecule has 3 aromatic heterocycles. The van der Waals surface area contributed by atoms with Crippen LogP contribution in [0.1, 0.15) is 33.9 Å². The van der Waals surface area contributed by atoms with Crippen LogP contribution in [0, 0.1) is 17.7 Å². The van der Waals surface area contributed by atoms with Crippen molar-refractivity contribution in [3.8, 4) is 11.8 Å². The number of pyridine rings is 1. The fourth-order valence-corrected chi connectivity index (χ4v) is 4.31. The van der Waals surface area contributed by atoms with E-state index < -0.39 is 11.7 Å². The molecule has 0 aliphatic carbocycles. The number of hydrogen-bond donors (Lipinski definition) is 2. The van der Waals surface area contributed by atoms with Crippen molar-refractivity contribution in [3.05, 3.63) is 59.9 Å². The van der Waals surface area contributed by atoms with Crippen molar-refractivity contribution < 1.29 is 18.7 Å². The predicted molar refractivity (Wildman–Crippen MR) is 123 cm³/mol. The van der Waals surface area contributed by atoms with E-state index in [-0.39, 0.29) is 29.1 Å². The number of aromatic nitrogens is 4. The molecule has 0 aromatic carbocycles. The van der Waals surface area contributed by atoms with E-state index >= 15 is 0 Å². The number of methoxy groups -OCH3 is 1. The molecule has 2 atom stereocenters. The number of likely N-dealkylation sites (tertiary alicyclic amines) is 1. The zero-order chi connectivity index (χ0) is 24.4. The Balaban J connectivity index is 1.75. The molecule has 0 unspecified atom stereocenters. The molecule has 3 aromatic rings. The summed E-state index contributed by atoms with van der Waals surface area (Å²) in [7, 11) is 3.25. The highest BCUT2D eigenvalue weighted by Crippen LogP contribution is 2.34. The molecule has 1 aliphatic heterocycles. The summed E-state index contributed by atoms with van der Waals surface area (Å²) in [5.41, 5.74) is 6.66. The second kappa shape index (κ2) is 9.36. The highest BCUT2D eigenvalue weighted by molar-refractivity contribution is 6.00. The molecule has 1 fully saturated rings. The van der Waals surface area contributed by atoms with E-state index in [4.69, 9.17) is 10.5 Å². The normalized spacial score (nSPS) is 17.4. The smallest absolute Gasteiger partial charge is 0.253 e. The van der Waals surface area contributed by atoms with Crippen LogP contribution in [0.25, 0.3) is 5.65 Å². The van der Waals surface area contributed by atoms with E-state index in [1.807, 2.05) is 4.57 Å². The minimum absolute atomic E-state index is 0.0935. The molecule has 1 saturated heterocycles. The number of carbonyl (C=O) groups excluding carboxylic acids is 2. The number of carbonyl (C=O) groups is 2. The molecule has 1 aliphatic rings. The topological polar surface area (TPSA) is 120 Å². The number of nitrogens with zero attached hydrogens (tertiary/aromatic N) is 5. The Hall–Kier alpha value is -4.17. The first-order valence-electron chi connectivity index (χ1n) is 10.5. The molecule has 4 rings (SSSR count). The molecule has 0 bridgehead atoms. The van der Waals surface area contributed by atoms with Gasteiger partial charge in [-0.15, -0.1) is 0 Å². The maximum atomic E-state index is 14.5. The summed E-state index contributed by atoms with van der Waals surface area (Å²) in [4.78, 5) is 30.3. The first kappa shape index (κ1) is 23.0. The van der Waals surface area contributed by atoms with Gasteiger partial charge in [-0.25, -0.2) is 13.9 Å². The van der Waals surface area contributed by atoms with Gasteiger partial charge in [0, 0.05) is 39.2 Å². The number of hydrogen-bond acceptors (Lipinski definition) is 6. The molecule has 34 heavy (non-hydrogen) atoms. The Morgan fingerprint density at radius 2 is 2.15 bits per heavy atom. The summed E-state index contributed by atoms with van der Waals surface area (Å²) in [6.45, 7) is 4.34. The van der Waals surface area contributed by atoms with E-state index in [9.17, 15) is 14.0 Å². The van der Waals surface area contributed by atoms with Gasteiger partial charge in [-0.05, 0) is 12.5 Å². The Labute approximate surface area is 195 Å². The van der Waals surface area contributed by atoms with Crippen LogP contribution in [-0.2, 0) is 9.53 Å². The minimum Gasteiger partial charge on any atom is -0.383 e. The van der Waals surface area contributed by atoms with Crippen molar-refractivity contribution in [1.29, 1.82) is 0 Å². The summed E-state index contributed by atoms with van der Waals surface area (Å²) in [6, 6.07) is 0.918. The summed E-state index contributed by atoms with van der Waals surface area (Å²) < 4.78 is 23.0. The number of nitrogens with two attached hydrogens (primary N) is 1. The molecule has 2 amide bonds. The van der Waals surface area contributed by atoms with Crippen molar-refractivity contribution in [2.45, 2.75) is 18.5 Å². The number of halogens is 1. The highest BCUT2D eigenvalue weighted by Gasteiger charge is 2.37. The van der Waals surface area contributed by atoms with Crippen molar-refractivity contribution in [2.24, 2.45) is 5.73 Å². The van der Waals surface area contributed by atoms with Crippen LogP contribution in [-0.4, -0.2) is 69.2 Å². The Kier molecular flexibility index (Phi) is 6.34. The van der Waals surface area contributed by atoms with Crippen LogP contribution < -0.4 is 11.1 Å². The van der Waals surface area contributed by atoms with E-state index in [2.05, 4.69) is 33.8 Å². The number of rotatable bonds is 6. The maximum absolute atomic E-state index is 14.5. The number of primary amides is 1. The van der Waals surface area contributed by atoms with Crippen molar-refractivity contribution >= 4 is 23.3 Å². The van der Waals surface area contributed by atoms with Crippen LogP contribution in [0.3, 0.4) is 0 Å². The van der Waals surface area contributed by atoms with Gasteiger partial charge in [-0.2, -0.15) is 5.10 Å². The van der Waals surface area contributed by atoms with Crippen LogP contribution in [0.15, 0.2) is 37.4 Å². The lowest BCUT2D eigenvalue weighted by Gasteiger charge is -2.22. The minimum atomic E-state index is -0.676. The van der Waals surface area contributed by atoms with Gasteiger partial charge in [-0.3, -0.25) is 9.59 Å². The molecular weight excluding hydrogens is 441 g/mol. The molecule has 176 valence electrons. The maximum Gasteiger partial charge on any atom is 0.253 e. The summed E-state index contributed by atoms with van der Waals surface area (Å²) in [6.07, 6.45) is 6.30. The zero-order valence-corrected chi connectivity index (χ0v) is 18.8. The summed E-state index contributed by atoms with van der Waals surface area (Å²) in [5, 5.41) is 7.01. The molecule has 3 N–H and O–H groups in total. The quantitative estimate of drug-likeness (QED) is 0.417. The Morgan fingerprint density at radius 3 is 2.82 bits per heavy atom. The van der Waals surface area contributed by atoms with Gasteiger partial charge in [0.1, 0.15) is 18.0 Å². The van der Waals surface area contributed by atoms with Gasteiger partial charge in [-0.1, -0.05) is 18.4 Å². The van der Waals surface area contributed by atoms with Gasteiger partial charge >= 0.3 is 0 Å². The SMILES string of the molecule is C=CC(=O)N1C[C@@H](n2cc(C#Cc3cn4ncnc4cc3F)c(C(N)=O)c2NC)C[C@@H]1COC. The van der Waals surface area contributed by atoms with Crippen molar-refractivity contribution in [1.82, 2.24) is 24.1 Å². The average Bonchev–Trinajstić information content (AvgIpc) is 3.53. The monoisotopic (exact) mass is 465 g/mol. The van der Waals surface area contributed by atoms with Gasteiger partial charge in [0.25, 0.3) is 5.91 Å². The lowest BCUT2D eigenvalue weighted by molar-refractivity contribution is -0.127. The van der Waals surface area contributed by atoms with Crippen LogP contribution in [0.5, 0.6) is 0 Å².